The lowest BCUT2D eigenvalue weighted by Crippen LogP contribution is -2.15. The molecule has 18 heavy (non-hydrogen) atoms. The van der Waals surface area contributed by atoms with Crippen molar-refractivity contribution in [3.05, 3.63) is 28.8 Å². The molecule has 0 radical (unpaired) electrons. The maximum atomic E-state index is 9.42. The summed E-state index contributed by atoms with van der Waals surface area (Å²) in [5.41, 5.74) is 1.02. The molecule has 1 fully saturated rings. The van der Waals surface area contributed by atoms with Gasteiger partial charge in [0.2, 0.25) is 0 Å². The van der Waals surface area contributed by atoms with Crippen molar-refractivity contribution in [3.8, 4) is 11.8 Å². The Morgan fingerprint density at radius 2 is 2.06 bits per heavy atom. The Labute approximate surface area is 114 Å². The zero-order valence-electron chi connectivity index (χ0n) is 10.7. The van der Waals surface area contributed by atoms with E-state index in [-0.39, 0.29) is 5.92 Å². The highest BCUT2D eigenvalue weighted by molar-refractivity contribution is 6.32. The van der Waals surface area contributed by atoms with E-state index in [1.165, 1.54) is 19.3 Å². The van der Waals surface area contributed by atoms with Gasteiger partial charge in [-0.05, 0) is 36.5 Å². The van der Waals surface area contributed by atoms with E-state index in [1.54, 1.807) is 7.11 Å². The molecule has 1 aliphatic carbocycles. The van der Waals surface area contributed by atoms with Gasteiger partial charge >= 0.3 is 0 Å². The van der Waals surface area contributed by atoms with Crippen LogP contribution in [0.2, 0.25) is 5.02 Å². The molecule has 0 spiro atoms. The van der Waals surface area contributed by atoms with Gasteiger partial charge in [0.25, 0.3) is 0 Å². The summed E-state index contributed by atoms with van der Waals surface area (Å²) in [5.74, 6) is 1.11. The van der Waals surface area contributed by atoms with E-state index in [1.807, 2.05) is 18.2 Å². The van der Waals surface area contributed by atoms with Crippen LogP contribution in [0.5, 0.6) is 5.75 Å². The molecular weight excluding hydrogens is 246 g/mol. The number of nitriles is 1. The molecule has 0 aromatic heterocycles. The molecule has 0 bridgehead atoms. The first-order chi connectivity index (χ1) is 8.76. The van der Waals surface area contributed by atoms with E-state index in [2.05, 4.69) is 6.07 Å². The Morgan fingerprint density at radius 3 is 2.61 bits per heavy atom. The molecule has 3 heteroatoms. The van der Waals surface area contributed by atoms with Crippen LogP contribution in [-0.2, 0) is 0 Å². The quantitative estimate of drug-likeness (QED) is 0.802. The van der Waals surface area contributed by atoms with Crippen LogP contribution in [0.15, 0.2) is 18.2 Å². The number of rotatable bonds is 3. The standard InChI is InChI=1S/C15H18ClNO/c1-18-15-8-7-12(9-14(15)16)13(10-17)11-5-3-2-4-6-11/h7-9,11,13H,2-6H2,1H3. The van der Waals surface area contributed by atoms with Crippen molar-refractivity contribution in [2.24, 2.45) is 5.92 Å². The zero-order valence-corrected chi connectivity index (χ0v) is 11.4. The van der Waals surface area contributed by atoms with Crippen LogP contribution < -0.4 is 4.74 Å². The summed E-state index contributed by atoms with van der Waals surface area (Å²) in [6.07, 6.45) is 6.10. The van der Waals surface area contributed by atoms with Crippen molar-refractivity contribution in [3.63, 3.8) is 0 Å². The van der Waals surface area contributed by atoms with Crippen LogP contribution >= 0.6 is 11.6 Å². The number of hydrogen-bond donors (Lipinski definition) is 0. The second kappa shape index (κ2) is 6.11. The van der Waals surface area contributed by atoms with Crippen LogP contribution in [0.1, 0.15) is 43.6 Å². The Hall–Kier alpha value is -1.20. The molecule has 96 valence electrons. The first-order valence-electron chi connectivity index (χ1n) is 6.49. The van der Waals surface area contributed by atoms with Crippen molar-refractivity contribution in [1.29, 1.82) is 5.26 Å². The van der Waals surface area contributed by atoms with Crippen molar-refractivity contribution >= 4 is 11.6 Å². The average molecular weight is 264 g/mol. The Balaban J connectivity index is 2.22. The third kappa shape index (κ3) is 2.79. The molecule has 2 nitrogen and oxygen atoms in total. The second-order valence-electron chi connectivity index (χ2n) is 4.90. The lowest BCUT2D eigenvalue weighted by Gasteiger charge is -2.26. The minimum atomic E-state index is -0.0336. The number of methoxy groups -OCH3 is 1. The predicted octanol–water partition coefficient (Wildman–Crippen LogP) is 4.54. The Kier molecular flexibility index (Phi) is 4.49. The molecule has 2 rings (SSSR count). The fraction of sp³-hybridized carbons (Fsp3) is 0.533. The molecule has 1 aromatic rings. The molecule has 1 unspecified atom stereocenters. The summed E-state index contributed by atoms with van der Waals surface area (Å²) in [6, 6.07) is 8.15. The van der Waals surface area contributed by atoms with Crippen LogP contribution in [0.4, 0.5) is 0 Å². The first kappa shape index (κ1) is 13.2. The van der Waals surface area contributed by atoms with Crippen molar-refractivity contribution < 1.29 is 4.74 Å². The molecule has 1 aliphatic rings. The van der Waals surface area contributed by atoms with E-state index in [9.17, 15) is 5.26 Å². The van der Waals surface area contributed by atoms with Crippen LogP contribution in [0, 0.1) is 17.2 Å². The van der Waals surface area contributed by atoms with Gasteiger partial charge < -0.3 is 4.74 Å². The van der Waals surface area contributed by atoms with Gasteiger partial charge in [0, 0.05) is 0 Å². The normalized spacial score (nSPS) is 18.1. The van der Waals surface area contributed by atoms with Gasteiger partial charge in [-0.2, -0.15) is 5.26 Å². The Bertz CT molecular complexity index is 446. The molecule has 1 aromatic carbocycles. The van der Waals surface area contributed by atoms with Gasteiger partial charge in [0.15, 0.2) is 0 Å². The minimum Gasteiger partial charge on any atom is -0.495 e. The summed E-state index contributed by atoms with van der Waals surface area (Å²) < 4.78 is 5.14. The number of nitrogens with zero attached hydrogens (tertiary/aromatic N) is 1. The number of hydrogen-bond acceptors (Lipinski definition) is 2. The third-order valence-corrected chi connectivity index (χ3v) is 4.09. The molecule has 0 heterocycles. The first-order valence-corrected chi connectivity index (χ1v) is 6.87. The van der Waals surface area contributed by atoms with Crippen molar-refractivity contribution in [2.45, 2.75) is 38.0 Å². The van der Waals surface area contributed by atoms with Crippen LogP contribution in [-0.4, -0.2) is 7.11 Å². The van der Waals surface area contributed by atoms with Gasteiger partial charge in [0.05, 0.1) is 24.1 Å². The van der Waals surface area contributed by atoms with E-state index < -0.39 is 0 Å². The average Bonchev–Trinajstić information content (AvgIpc) is 2.41. The topological polar surface area (TPSA) is 33.0 Å². The van der Waals surface area contributed by atoms with Crippen molar-refractivity contribution in [2.75, 3.05) is 7.11 Å². The molecular formula is C15H18ClNO. The maximum Gasteiger partial charge on any atom is 0.137 e. The summed E-state index contributed by atoms with van der Waals surface area (Å²) in [4.78, 5) is 0. The van der Waals surface area contributed by atoms with Gasteiger partial charge in [-0.1, -0.05) is 36.9 Å². The summed E-state index contributed by atoms with van der Waals surface area (Å²) in [7, 11) is 1.60. The molecule has 0 N–H and O–H groups in total. The van der Waals surface area contributed by atoms with Gasteiger partial charge in [-0.15, -0.1) is 0 Å². The monoisotopic (exact) mass is 263 g/mol. The summed E-state index contributed by atoms with van der Waals surface area (Å²) >= 11 is 6.14. The van der Waals surface area contributed by atoms with Gasteiger partial charge in [0.1, 0.15) is 5.75 Å². The van der Waals surface area contributed by atoms with E-state index >= 15 is 0 Å². The predicted molar refractivity (Wildman–Crippen MR) is 72.9 cm³/mol. The van der Waals surface area contributed by atoms with Gasteiger partial charge in [-0.3, -0.25) is 0 Å². The zero-order chi connectivity index (χ0) is 13.0. The molecule has 0 saturated heterocycles. The molecule has 0 amide bonds. The highest BCUT2D eigenvalue weighted by Crippen LogP contribution is 2.37. The lowest BCUT2D eigenvalue weighted by molar-refractivity contribution is 0.335. The maximum absolute atomic E-state index is 9.42. The molecule has 1 saturated carbocycles. The summed E-state index contributed by atoms with van der Waals surface area (Å²) in [6.45, 7) is 0. The van der Waals surface area contributed by atoms with Gasteiger partial charge in [-0.25, -0.2) is 0 Å². The summed E-state index contributed by atoms with van der Waals surface area (Å²) in [5, 5.41) is 10.0. The minimum absolute atomic E-state index is 0.0336. The number of benzene rings is 1. The SMILES string of the molecule is COc1ccc(C(C#N)C2CCCCC2)cc1Cl. The highest BCUT2D eigenvalue weighted by atomic mass is 35.5. The Morgan fingerprint density at radius 1 is 1.33 bits per heavy atom. The largest absolute Gasteiger partial charge is 0.495 e. The highest BCUT2D eigenvalue weighted by Gasteiger charge is 2.25. The molecule has 1 atom stereocenters. The van der Waals surface area contributed by atoms with Crippen LogP contribution in [0.3, 0.4) is 0 Å². The fourth-order valence-corrected chi connectivity index (χ4v) is 3.06. The fourth-order valence-electron chi connectivity index (χ4n) is 2.80. The second-order valence-corrected chi connectivity index (χ2v) is 5.31. The van der Waals surface area contributed by atoms with E-state index in [0.29, 0.717) is 16.7 Å². The number of ether oxygens (including phenoxy) is 1. The lowest BCUT2D eigenvalue weighted by atomic mass is 9.77. The smallest absolute Gasteiger partial charge is 0.137 e. The van der Waals surface area contributed by atoms with Crippen molar-refractivity contribution in [1.82, 2.24) is 0 Å². The van der Waals surface area contributed by atoms with E-state index in [0.717, 1.165) is 18.4 Å². The molecule has 0 aliphatic heterocycles. The number of halogens is 1. The van der Waals surface area contributed by atoms with E-state index in [4.69, 9.17) is 16.3 Å². The third-order valence-electron chi connectivity index (χ3n) is 3.80. The van der Waals surface area contributed by atoms with Crippen LogP contribution in [0.25, 0.3) is 0 Å².